The Hall–Kier alpha value is -2.58. The summed E-state index contributed by atoms with van der Waals surface area (Å²) in [6.07, 6.45) is 1.32. The van der Waals surface area contributed by atoms with Crippen molar-refractivity contribution in [3.63, 3.8) is 0 Å². The van der Waals surface area contributed by atoms with Crippen LogP contribution in [0, 0.1) is 0 Å². The summed E-state index contributed by atoms with van der Waals surface area (Å²) < 4.78 is 35.1. The van der Waals surface area contributed by atoms with E-state index in [0.717, 1.165) is 4.41 Å². The van der Waals surface area contributed by atoms with Crippen LogP contribution in [0.25, 0.3) is 11.0 Å². The fourth-order valence-electron chi connectivity index (χ4n) is 2.10. The molecule has 0 atom stereocenters. The van der Waals surface area contributed by atoms with Gasteiger partial charge in [0.2, 0.25) is 0 Å². The maximum absolute atomic E-state index is 11.8. The third-order valence-electron chi connectivity index (χ3n) is 2.94. The van der Waals surface area contributed by atoms with E-state index >= 15 is 0 Å². The minimum atomic E-state index is -4.55. The van der Waals surface area contributed by atoms with Crippen LogP contribution in [0.1, 0.15) is 0 Å². The van der Waals surface area contributed by atoms with Crippen molar-refractivity contribution in [1.82, 2.24) is 9.66 Å². The largest absolute Gasteiger partial charge is 0.399 e. The molecular weight excluding hydrogens is 292 g/mol. The van der Waals surface area contributed by atoms with E-state index in [1.165, 1.54) is 23.1 Å². The lowest BCUT2D eigenvalue weighted by Crippen LogP contribution is -2.35. The number of fused-ring (bicyclic) bond motifs is 1. The number of rotatable bonds is 3. The van der Waals surface area contributed by atoms with Crippen molar-refractivity contribution < 1.29 is 13.0 Å². The van der Waals surface area contributed by atoms with Crippen molar-refractivity contribution in [3.8, 4) is 0 Å². The van der Waals surface area contributed by atoms with Crippen LogP contribution in [-0.4, -0.2) is 22.6 Å². The second-order valence-electron chi connectivity index (χ2n) is 4.39. The second-order valence-corrected chi connectivity index (χ2v) is 5.64. The van der Waals surface area contributed by atoms with E-state index in [9.17, 15) is 13.0 Å². The molecule has 0 spiro atoms. The SMILES string of the molecule is Nc1cccc(N(n2cnc3ccccc32)S(=O)(=O)O)c1. The number of anilines is 2. The average molecular weight is 304 g/mol. The predicted octanol–water partition coefficient (Wildman–Crippen LogP) is 1.69. The third kappa shape index (κ3) is 2.41. The zero-order chi connectivity index (χ0) is 15.0. The molecule has 1 aromatic heterocycles. The summed E-state index contributed by atoms with van der Waals surface area (Å²) in [5.74, 6) is 0. The van der Waals surface area contributed by atoms with E-state index in [0.29, 0.717) is 16.7 Å². The van der Waals surface area contributed by atoms with Gasteiger partial charge in [0.15, 0.2) is 0 Å². The lowest BCUT2D eigenvalue weighted by Gasteiger charge is -2.22. The van der Waals surface area contributed by atoms with Gasteiger partial charge in [-0.05, 0) is 30.3 Å². The molecule has 0 fully saturated rings. The van der Waals surface area contributed by atoms with Gasteiger partial charge in [0.05, 0.1) is 16.7 Å². The van der Waals surface area contributed by atoms with Crippen molar-refractivity contribution in [2.45, 2.75) is 0 Å². The summed E-state index contributed by atoms with van der Waals surface area (Å²) in [5, 5.41) is 0. The van der Waals surface area contributed by atoms with Gasteiger partial charge >= 0.3 is 10.3 Å². The molecule has 8 heteroatoms. The van der Waals surface area contributed by atoms with Crippen molar-refractivity contribution >= 4 is 32.7 Å². The van der Waals surface area contributed by atoms with Gasteiger partial charge in [-0.2, -0.15) is 8.42 Å². The molecule has 3 N–H and O–H groups in total. The van der Waals surface area contributed by atoms with Crippen LogP contribution in [0.5, 0.6) is 0 Å². The zero-order valence-electron chi connectivity index (χ0n) is 10.8. The molecular formula is C13H12N4O3S. The number of para-hydroxylation sites is 2. The summed E-state index contributed by atoms with van der Waals surface area (Å²) in [7, 11) is -4.55. The van der Waals surface area contributed by atoms with Gasteiger partial charge in [0.1, 0.15) is 6.33 Å². The van der Waals surface area contributed by atoms with E-state index in [-0.39, 0.29) is 5.69 Å². The van der Waals surface area contributed by atoms with Gasteiger partial charge in [0, 0.05) is 5.69 Å². The van der Waals surface area contributed by atoms with E-state index in [2.05, 4.69) is 4.98 Å². The topological polar surface area (TPSA) is 101 Å². The molecule has 3 rings (SSSR count). The number of nitrogens with two attached hydrogens (primary N) is 1. The Morgan fingerprint density at radius 3 is 2.62 bits per heavy atom. The fourth-order valence-corrected chi connectivity index (χ4v) is 2.84. The highest BCUT2D eigenvalue weighted by molar-refractivity contribution is 7.87. The minimum absolute atomic E-state index is 0.209. The number of nitrogen functional groups attached to an aromatic ring is 1. The van der Waals surface area contributed by atoms with Crippen LogP contribution >= 0.6 is 0 Å². The van der Waals surface area contributed by atoms with Crippen LogP contribution < -0.4 is 10.1 Å². The van der Waals surface area contributed by atoms with Crippen LogP contribution in [0.3, 0.4) is 0 Å². The molecule has 21 heavy (non-hydrogen) atoms. The van der Waals surface area contributed by atoms with E-state index in [1.807, 2.05) is 0 Å². The van der Waals surface area contributed by atoms with Crippen molar-refractivity contribution in [2.24, 2.45) is 0 Å². The van der Waals surface area contributed by atoms with Crippen molar-refractivity contribution in [1.29, 1.82) is 0 Å². The Bertz CT molecular complexity index is 904. The van der Waals surface area contributed by atoms with Crippen molar-refractivity contribution in [3.05, 3.63) is 54.9 Å². The summed E-state index contributed by atoms with van der Waals surface area (Å²) in [6.45, 7) is 0. The normalized spacial score (nSPS) is 11.7. The standard InChI is InChI=1S/C13H12N4O3S/c14-10-4-3-5-11(8-10)17(21(18,19)20)16-9-15-12-6-1-2-7-13(12)16/h1-9H,14H2,(H,18,19,20). The van der Waals surface area contributed by atoms with Gasteiger partial charge in [-0.3, -0.25) is 4.55 Å². The molecule has 0 aliphatic rings. The Labute approximate surface area is 121 Å². The molecule has 0 bridgehead atoms. The number of benzene rings is 2. The Kier molecular flexibility index (Phi) is 3.04. The fraction of sp³-hybridized carbons (Fsp3) is 0. The molecule has 0 amide bonds. The van der Waals surface area contributed by atoms with Crippen LogP contribution in [0.2, 0.25) is 0 Å². The first kappa shape index (κ1) is 13.4. The zero-order valence-corrected chi connectivity index (χ0v) is 11.6. The summed E-state index contributed by atoms with van der Waals surface area (Å²) in [5.41, 5.74) is 7.41. The molecule has 1 heterocycles. The Morgan fingerprint density at radius 1 is 1.14 bits per heavy atom. The first-order valence-electron chi connectivity index (χ1n) is 6.02. The molecule has 0 aliphatic carbocycles. The first-order chi connectivity index (χ1) is 9.97. The van der Waals surface area contributed by atoms with Gasteiger partial charge in [-0.25, -0.2) is 9.66 Å². The highest BCUT2D eigenvalue weighted by Gasteiger charge is 2.23. The second kappa shape index (κ2) is 4.76. The maximum Gasteiger partial charge on any atom is 0.378 e. The number of imidazole rings is 1. The molecule has 0 saturated carbocycles. The monoisotopic (exact) mass is 304 g/mol. The number of nitrogens with zero attached hydrogens (tertiary/aromatic N) is 3. The van der Waals surface area contributed by atoms with Crippen molar-refractivity contribution in [2.75, 3.05) is 10.1 Å². The highest BCUT2D eigenvalue weighted by Crippen LogP contribution is 2.24. The lowest BCUT2D eigenvalue weighted by atomic mass is 10.3. The Morgan fingerprint density at radius 2 is 1.90 bits per heavy atom. The molecule has 108 valence electrons. The van der Waals surface area contributed by atoms with E-state index < -0.39 is 10.3 Å². The smallest absolute Gasteiger partial charge is 0.378 e. The quantitative estimate of drug-likeness (QED) is 0.566. The Balaban J connectivity index is 2.26. The van der Waals surface area contributed by atoms with Gasteiger partial charge < -0.3 is 5.73 Å². The molecule has 2 aromatic carbocycles. The summed E-state index contributed by atoms with van der Waals surface area (Å²) in [6, 6.07) is 13.2. The highest BCUT2D eigenvalue weighted by atomic mass is 32.2. The lowest BCUT2D eigenvalue weighted by molar-refractivity contribution is 0.473. The van der Waals surface area contributed by atoms with Gasteiger partial charge in [-0.1, -0.05) is 18.2 Å². The maximum atomic E-state index is 11.8. The molecule has 0 aliphatic heterocycles. The summed E-state index contributed by atoms with van der Waals surface area (Å²) >= 11 is 0. The number of aromatic nitrogens is 2. The molecule has 0 radical (unpaired) electrons. The minimum Gasteiger partial charge on any atom is -0.399 e. The van der Waals surface area contributed by atoms with E-state index in [4.69, 9.17) is 5.73 Å². The average Bonchev–Trinajstić information content (AvgIpc) is 2.82. The molecule has 0 unspecified atom stereocenters. The third-order valence-corrected chi connectivity index (χ3v) is 3.76. The van der Waals surface area contributed by atoms with E-state index in [1.54, 1.807) is 36.4 Å². The molecule has 0 saturated heterocycles. The van der Waals surface area contributed by atoms with Gasteiger partial charge in [-0.15, -0.1) is 4.41 Å². The first-order valence-corrected chi connectivity index (χ1v) is 7.42. The van der Waals surface area contributed by atoms with Crippen LogP contribution in [0.15, 0.2) is 54.9 Å². The van der Waals surface area contributed by atoms with Gasteiger partial charge in [0.25, 0.3) is 0 Å². The molecule has 7 nitrogen and oxygen atoms in total. The van der Waals surface area contributed by atoms with Crippen LogP contribution in [0.4, 0.5) is 11.4 Å². The molecule has 3 aromatic rings. The number of hydrogen-bond acceptors (Lipinski definition) is 4. The van der Waals surface area contributed by atoms with Crippen LogP contribution in [-0.2, 0) is 10.3 Å². The summed E-state index contributed by atoms with van der Waals surface area (Å²) in [4.78, 5) is 4.12. The number of hydrogen-bond donors (Lipinski definition) is 2. The predicted molar refractivity (Wildman–Crippen MR) is 80.0 cm³/mol.